The number of fused-ring (bicyclic) bond motifs is 9. The van der Waals surface area contributed by atoms with Gasteiger partial charge in [-0.3, -0.25) is 0 Å². The van der Waals surface area contributed by atoms with Crippen LogP contribution in [0, 0.1) is 0 Å². The molecule has 10 rings (SSSR count). The van der Waals surface area contributed by atoms with Crippen LogP contribution in [0.2, 0.25) is 0 Å². The van der Waals surface area contributed by atoms with E-state index < -0.39 is 10.8 Å². The molecular weight excluding hydrogens is 1040 g/mol. The first-order valence-corrected chi connectivity index (χ1v) is 33.9. The summed E-state index contributed by atoms with van der Waals surface area (Å²) in [7, 11) is 0. The topological polar surface area (TPSA) is 36.9 Å². The summed E-state index contributed by atoms with van der Waals surface area (Å²) in [6, 6.07) is 55.2. The molecule has 2 heterocycles. The molecule has 0 amide bonds. The van der Waals surface area contributed by atoms with E-state index in [1.54, 1.807) is 0 Å². The third-order valence-electron chi connectivity index (χ3n) is 17.6. The van der Waals surface area contributed by atoms with Gasteiger partial charge in [-0.25, -0.2) is 0 Å². The van der Waals surface area contributed by atoms with Gasteiger partial charge in [-0.1, -0.05) is 253 Å². The standard InChI is InChI=1S/C76H92O4S2/c1-5-9-13-17-21-29-53-77-61-45-37-57(38-46-61)75(58-39-47-62(48-40-58)78-54-30-22-18-14-10-6-2)67-35-27-25-33-65(67)69-71-72(81-73(69)75)70-66-34-26-28-36-68(66)76(74(70)82-71,59-41-49-63(50-42-59)79-55-31-23-19-15-11-7-3)60-43-51-64(52-44-60)80-56-32-24-20-16-12-8-4/h25-28,33-52H,5-24,29-32,53-56H2,1-4H3. The van der Waals surface area contributed by atoms with Crippen LogP contribution in [0.15, 0.2) is 146 Å². The summed E-state index contributed by atoms with van der Waals surface area (Å²) in [6.07, 6.45) is 29.9. The van der Waals surface area contributed by atoms with Gasteiger partial charge in [0.05, 0.1) is 46.7 Å². The van der Waals surface area contributed by atoms with Gasteiger partial charge in [0.2, 0.25) is 0 Å². The van der Waals surface area contributed by atoms with Gasteiger partial charge in [0.1, 0.15) is 23.0 Å². The lowest BCUT2D eigenvalue weighted by Gasteiger charge is -2.33. The van der Waals surface area contributed by atoms with E-state index in [0.717, 1.165) is 75.1 Å². The Bertz CT molecular complexity index is 2860. The van der Waals surface area contributed by atoms with E-state index in [2.05, 4.69) is 173 Å². The molecule has 0 spiro atoms. The highest BCUT2D eigenvalue weighted by atomic mass is 32.1. The van der Waals surface area contributed by atoms with Gasteiger partial charge in [-0.2, -0.15) is 0 Å². The molecule has 0 atom stereocenters. The number of rotatable bonds is 36. The van der Waals surface area contributed by atoms with Gasteiger partial charge in [-0.15, -0.1) is 22.7 Å². The van der Waals surface area contributed by atoms with Crippen molar-refractivity contribution in [1.82, 2.24) is 0 Å². The SMILES string of the molecule is CCCCCCCCOc1ccc(C2(c3ccc(OCCCCCCCC)cc3)c3ccccc3-c3c2sc2c4c(sc32)C(c2ccc(OCCCCCCCC)cc2)(c2ccc(OCCCCCCCC)cc2)c2ccccc2-4)cc1. The molecule has 2 aliphatic carbocycles. The molecule has 0 bridgehead atoms. The molecule has 0 saturated carbocycles. The van der Waals surface area contributed by atoms with Crippen molar-refractivity contribution >= 4 is 32.1 Å². The van der Waals surface area contributed by atoms with Gasteiger partial charge in [0.15, 0.2) is 0 Å². The smallest absolute Gasteiger partial charge is 0.119 e. The maximum atomic E-state index is 6.47. The van der Waals surface area contributed by atoms with E-state index in [1.807, 2.05) is 22.7 Å². The fraction of sp³-hybridized carbons (Fsp3) is 0.447. The molecule has 0 radical (unpaired) electrons. The number of ether oxygens (including phenoxy) is 4. The predicted molar refractivity (Wildman–Crippen MR) is 350 cm³/mol. The Morgan fingerprint density at radius 2 is 0.524 bits per heavy atom. The second-order valence-electron chi connectivity index (χ2n) is 23.4. The van der Waals surface area contributed by atoms with Crippen LogP contribution in [-0.4, -0.2) is 26.4 Å². The van der Waals surface area contributed by atoms with Crippen molar-refractivity contribution < 1.29 is 18.9 Å². The molecule has 8 aromatic rings. The van der Waals surface area contributed by atoms with E-state index >= 15 is 0 Å². The van der Waals surface area contributed by atoms with Gasteiger partial charge in [0.25, 0.3) is 0 Å². The minimum atomic E-state index is -0.566. The van der Waals surface area contributed by atoms with E-state index in [4.69, 9.17) is 18.9 Å². The Hall–Kier alpha value is -5.82. The summed E-state index contributed by atoms with van der Waals surface area (Å²) in [5.74, 6) is 3.74. The lowest BCUT2D eigenvalue weighted by molar-refractivity contribution is 0.304. The summed E-state index contributed by atoms with van der Waals surface area (Å²) >= 11 is 4.02. The zero-order valence-electron chi connectivity index (χ0n) is 50.1. The summed E-state index contributed by atoms with van der Waals surface area (Å²) in [4.78, 5) is 2.76. The lowest BCUT2D eigenvalue weighted by Crippen LogP contribution is -2.28. The van der Waals surface area contributed by atoms with Gasteiger partial charge >= 0.3 is 0 Å². The number of benzene rings is 6. The van der Waals surface area contributed by atoms with Crippen LogP contribution >= 0.6 is 22.7 Å². The average molecular weight is 1130 g/mol. The van der Waals surface area contributed by atoms with Crippen molar-refractivity contribution in [3.8, 4) is 45.3 Å². The van der Waals surface area contributed by atoms with Gasteiger partial charge in [0, 0.05) is 20.9 Å². The fourth-order valence-corrected chi connectivity index (χ4v) is 16.7. The van der Waals surface area contributed by atoms with Crippen molar-refractivity contribution in [3.63, 3.8) is 0 Å². The predicted octanol–water partition coefficient (Wildman–Crippen LogP) is 22.6. The Balaban J connectivity index is 1.06. The molecular formula is C76H92O4S2. The molecule has 432 valence electrons. The van der Waals surface area contributed by atoms with Crippen LogP contribution < -0.4 is 18.9 Å². The van der Waals surface area contributed by atoms with Crippen LogP contribution in [0.3, 0.4) is 0 Å². The molecule has 2 aromatic heterocycles. The second-order valence-corrected chi connectivity index (χ2v) is 25.5. The average Bonchev–Trinajstić information content (AvgIpc) is 1.72. The highest BCUT2D eigenvalue weighted by Gasteiger charge is 2.53. The van der Waals surface area contributed by atoms with E-state index in [1.165, 1.54) is 203 Å². The number of hydrogen-bond acceptors (Lipinski definition) is 6. The third-order valence-corrected chi connectivity index (χ3v) is 20.4. The van der Waals surface area contributed by atoms with E-state index in [9.17, 15) is 0 Å². The quantitative estimate of drug-likeness (QED) is 0.0367. The Labute approximate surface area is 501 Å². The molecule has 0 N–H and O–H groups in total. The first-order chi connectivity index (χ1) is 40.6. The highest BCUT2D eigenvalue weighted by molar-refractivity contribution is 7.30. The van der Waals surface area contributed by atoms with Crippen molar-refractivity contribution in [2.45, 2.75) is 193 Å². The molecule has 0 fully saturated rings. The number of thiophene rings is 2. The Morgan fingerprint density at radius 3 is 0.793 bits per heavy atom. The molecule has 0 unspecified atom stereocenters. The van der Waals surface area contributed by atoms with Crippen LogP contribution in [0.5, 0.6) is 23.0 Å². The number of unbranched alkanes of at least 4 members (excludes halogenated alkanes) is 20. The molecule has 0 saturated heterocycles. The Kier molecular flexibility index (Phi) is 21.4. The number of hydrogen-bond donors (Lipinski definition) is 0. The minimum absolute atomic E-state index is 0.566. The summed E-state index contributed by atoms with van der Waals surface area (Å²) in [5, 5.41) is 0. The first kappa shape index (κ1) is 59.3. The van der Waals surface area contributed by atoms with Crippen molar-refractivity contribution in [1.29, 1.82) is 0 Å². The lowest BCUT2D eigenvalue weighted by atomic mass is 9.70. The van der Waals surface area contributed by atoms with Crippen LogP contribution in [0.1, 0.15) is 225 Å². The van der Waals surface area contributed by atoms with Crippen LogP contribution in [-0.2, 0) is 10.8 Å². The molecule has 6 heteroatoms. The van der Waals surface area contributed by atoms with Crippen molar-refractivity contribution in [2.24, 2.45) is 0 Å². The monoisotopic (exact) mass is 1130 g/mol. The summed E-state index contributed by atoms with van der Waals surface area (Å²) in [5.41, 5.74) is 11.9. The van der Waals surface area contributed by atoms with E-state index in [-0.39, 0.29) is 0 Å². The van der Waals surface area contributed by atoms with Crippen LogP contribution in [0.4, 0.5) is 0 Å². The normalized spacial score (nSPS) is 13.5. The fourth-order valence-electron chi connectivity index (χ4n) is 13.2. The zero-order valence-corrected chi connectivity index (χ0v) is 51.7. The molecule has 4 nitrogen and oxygen atoms in total. The minimum Gasteiger partial charge on any atom is -0.494 e. The molecule has 82 heavy (non-hydrogen) atoms. The van der Waals surface area contributed by atoms with E-state index in [0.29, 0.717) is 0 Å². The van der Waals surface area contributed by atoms with Crippen molar-refractivity contribution in [2.75, 3.05) is 26.4 Å². The van der Waals surface area contributed by atoms with Crippen molar-refractivity contribution in [3.05, 3.63) is 189 Å². The highest BCUT2D eigenvalue weighted by Crippen LogP contribution is 2.68. The van der Waals surface area contributed by atoms with Crippen LogP contribution in [0.25, 0.3) is 31.7 Å². The molecule has 2 aliphatic rings. The summed E-state index contributed by atoms with van der Waals surface area (Å²) < 4.78 is 28.6. The van der Waals surface area contributed by atoms with Gasteiger partial charge < -0.3 is 18.9 Å². The Morgan fingerprint density at radius 1 is 0.280 bits per heavy atom. The van der Waals surface area contributed by atoms with Gasteiger partial charge in [-0.05, 0) is 119 Å². The largest absolute Gasteiger partial charge is 0.494 e. The zero-order chi connectivity index (χ0) is 56.4. The maximum Gasteiger partial charge on any atom is 0.119 e. The molecule has 6 aromatic carbocycles. The second kappa shape index (κ2) is 29.6. The third kappa shape index (κ3) is 12.8. The summed E-state index contributed by atoms with van der Waals surface area (Å²) in [6.45, 7) is 12.1. The first-order valence-electron chi connectivity index (χ1n) is 32.3. The maximum absolute atomic E-state index is 6.47. The molecule has 0 aliphatic heterocycles.